The number of fused-ring (bicyclic) bond motifs is 1. The maximum absolute atomic E-state index is 11.8. The van der Waals surface area contributed by atoms with Crippen LogP contribution < -0.4 is 4.73 Å². The predicted molar refractivity (Wildman–Crippen MR) is 63.9 cm³/mol. The lowest BCUT2D eigenvalue weighted by molar-refractivity contribution is -0.576. The van der Waals surface area contributed by atoms with Crippen LogP contribution in [0.4, 0.5) is 0 Å². The molecule has 2 heterocycles. The van der Waals surface area contributed by atoms with Crippen molar-refractivity contribution in [2.45, 2.75) is 0 Å². The molecule has 0 aliphatic carbocycles. The van der Waals surface area contributed by atoms with E-state index in [1.807, 2.05) is 24.3 Å². The van der Waals surface area contributed by atoms with Crippen molar-refractivity contribution in [2.75, 3.05) is 0 Å². The summed E-state index contributed by atoms with van der Waals surface area (Å²) in [7, 11) is 0. The Hall–Kier alpha value is -2.49. The highest BCUT2D eigenvalue weighted by molar-refractivity contribution is 5.80. The summed E-state index contributed by atoms with van der Waals surface area (Å²) in [6.45, 7) is 0. The van der Waals surface area contributed by atoms with Gasteiger partial charge in [-0.1, -0.05) is 12.1 Å². The van der Waals surface area contributed by atoms with Crippen molar-refractivity contribution in [3.05, 3.63) is 60.5 Å². The minimum absolute atomic E-state index is 0.660. The normalized spacial score (nSPS) is 10.6. The summed E-state index contributed by atoms with van der Waals surface area (Å²) < 4.78 is 0.873. The summed E-state index contributed by atoms with van der Waals surface area (Å²) in [6, 6.07) is 9.43. The second kappa shape index (κ2) is 3.83. The first-order valence-electron chi connectivity index (χ1n) is 5.22. The van der Waals surface area contributed by atoms with Crippen LogP contribution in [0.5, 0.6) is 0 Å². The van der Waals surface area contributed by atoms with Gasteiger partial charge in [-0.05, 0) is 12.1 Å². The van der Waals surface area contributed by atoms with E-state index in [9.17, 15) is 5.21 Å². The molecule has 2 aromatic heterocycles. The first kappa shape index (κ1) is 9.72. The fourth-order valence-electron chi connectivity index (χ4n) is 1.82. The molecule has 0 saturated heterocycles. The standard InChI is InChI=1S/C13H9N3O/c17-16-8-11(12-6-14-9-15-7-12)5-10-3-1-2-4-13(10)16/h1-9H. The zero-order valence-electron chi connectivity index (χ0n) is 8.95. The molecule has 0 aliphatic heterocycles. The smallest absolute Gasteiger partial charge is 0.223 e. The van der Waals surface area contributed by atoms with Gasteiger partial charge in [-0.2, -0.15) is 4.73 Å². The van der Waals surface area contributed by atoms with E-state index in [2.05, 4.69) is 9.97 Å². The van der Waals surface area contributed by atoms with Crippen molar-refractivity contribution >= 4 is 10.9 Å². The molecule has 0 bridgehead atoms. The van der Waals surface area contributed by atoms with Gasteiger partial charge in [-0.25, -0.2) is 9.97 Å². The van der Waals surface area contributed by atoms with Gasteiger partial charge in [0.2, 0.25) is 5.52 Å². The first-order valence-corrected chi connectivity index (χ1v) is 5.22. The Kier molecular flexibility index (Phi) is 2.19. The lowest BCUT2D eigenvalue weighted by Gasteiger charge is -2.04. The third-order valence-electron chi connectivity index (χ3n) is 2.64. The Morgan fingerprint density at radius 1 is 1.00 bits per heavy atom. The largest absolute Gasteiger partial charge is 0.618 e. The molecule has 0 N–H and O–H groups in total. The Bertz CT molecular complexity index is 668. The quantitative estimate of drug-likeness (QED) is 0.468. The van der Waals surface area contributed by atoms with Crippen molar-refractivity contribution in [1.29, 1.82) is 0 Å². The molecule has 0 aliphatic rings. The van der Waals surface area contributed by atoms with Crippen molar-refractivity contribution in [1.82, 2.24) is 9.97 Å². The molecular weight excluding hydrogens is 214 g/mol. The predicted octanol–water partition coefficient (Wildman–Crippen LogP) is 1.93. The molecule has 0 fully saturated rings. The van der Waals surface area contributed by atoms with Crippen LogP contribution in [-0.4, -0.2) is 9.97 Å². The van der Waals surface area contributed by atoms with Crippen LogP contribution in [0.15, 0.2) is 55.2 Å². The zero-order chi connectivity index (χ0) is 11.7. The molecule has 0 saturated carbocycles. The minimum atomic E-state index is 0.660. The maximum atomic E-state index is 11.8. The fourth-order valence-corrected chi connectivity index (χ4v) is 1.82. The molecule has 3 rings (SSSR count). The Morgan fingerprint density at radius 3 is 2.59 bits per heavy atom. The van der Waals surface area contributed by atoms with E-state index < -0.39 is 0 Å². The van der Waals surface area contributed by atoms with Gasteiger partial charge in [0, 0.05) is 29.4 Å². The Morgan fingerprint density at radius 2 is 1.76 bits per heavy atom. The van der Waals surface area contributed by atoms with Crippen LogP contribution in [0.1, 0.15) is 0 Å². The number of pyridine rings is 1. The van der Waals surface area contributed by atoms with Gasteiger partial charge in [0.25, 0.3) is 0 Å². The number of aromatic nitrogens is 3. The first-order chi connectivity index (χ1) is 8.34. The van der Waals surface area contributed by atoms with Gasteiger partial charge in [-0.15, -0.1) is 0 Å². The van der Waals surface area contributed by atoms with Crippen molar-refractivity contribution in [3.63, 3.8) is 0 Å². The highest BCUT2D eigenvalue weighted by Gasteiger charge is 2.07. The molecule has 0 radical (unpaired) electrons. The topological polar surface area (TPSA) is 52.7 Å². The zero-order valence-corrected chi connectivity index (χ0v) is 8.95. The van der Waals surface area contributed by atoms with E-state index in [1.165, 1.54) is 6.33 Å². The molecule has 0 spiro atoms. The Balaban J connectivity index is 2.26. The molecule has 17 heavy (non-hydrogen) atoms. The van der Waals surface area contributed by atoms with Gasteiger partial charge in [0.15, 0.2) is 6.20 Å². The number of nitrogens with zero attached hydrogens (tertiary/aromatic N) is 3. The molecule has 4 nitrogen and oxygen atoms in total. The van der Waals surface area contributed by atoms with Crippen molar-refractivity contribution < 1.29 is 4.73 Å². The van der Waals surface area contributed by atoms with Gasteiger partial charge < -0.3 is 5.21 Å². The van der Waals surface area contributed by atoms with Crippen LogP contribution in [0, 0.1) is 5.21 Å². The third-order valence-corrected chi connectivity index (χ3v) is 2.64. The summed E-state index contributed by atoms with van der Waals surface area (Å²) in [5.41, 5.74) is 2.32. The monoisotopic (exact) mass is 223 g/mol. The minimum Gasteiger partial charge on any atom is -0.618 e. The average molecular weight is 223 g/mol. The van der Waals surface area contributed by atoms with Crippen molar-refractivity contribution in [2.24, 2.45) is 0 Å². The van der Waals surface area contributed by atoms with Crippen LogP contribution >= 0.6 is 0 Å². The summed E-state index contributed by atoms with van der Waals surface area (Å²) in [6.07, 6.45) is 6.39. The Labute approximate surface area is 97.8 Å². The molecule has 1 aromatic carbocycles. The third kappa shape index (κ3) is 1.69. The number of rotatable bonds is 1. The van der Waals surface area contributed by atoms with Crippen LogP contribution in [0.2, 0.25) is 0 Å². The number of benzene rings is 1. The maximum Gasteiger partial charge on any atom is 0.223 e. The van der Waals surface area contributed by atoms with Crippen LogP contribution in [0.25, 0.3) is 22.0 Å². The lowest BCUT2D eigenvalue weighted by atomic mass is 10.1. The summed E-state index contributed by atoms with van der Waals surface area (Å²) in [4.78, 5) is 7.90. The second-order valence-electron chi connectivity index (χ2n) is 3.74. The SMILES string of the molecule is [O-][n+]1cc(-c2cncnc2)cc2ccccc21. The van der Waals surface area contributed by atoms with E-state index in [0.717, 1.165) is 21.2 Å². The molecular formula is C13H9N3O. The number of hydrogen-bond acceptors (Lipinski definition) is 3. The lowest BCUT2D eigenvalue weighted by Crippen LogP contribution is -2.26. The highest BCUT2D eigenvalue weighted by Crippen LogP contribution is 2.19. The van der Waals surface area contributed by atoms with E-state index >= 15 is 0 Å². The molecule has 0 amide bonds. The van der Waals surface area contributed by atoms with Gasteiger partial charge >= 0.3 is 0 Å². The van der Waals surface area contributed by atoms with Crippen molar-refractivity contribution in [3.8, 4) is 11.1 Å². The average Bonchev–Trinajstić information content (AvgIpc) is 2.40. The molecule has 82 valence electrons. The van der Waals surface area contributed by atoms with Crippen LogP contribution in [0.3, 0.4) is 0 Å². The van der Waals surface area contributed by atoms with E-state index in [-0.39, 0.29) is 0 Å². The molecule has 0 atom stereocenters. The van der Waals surface area contributed by atoms with Gasteiger partial charge in [-0.3, -0.25) is 0 Å². The summed E-state index contributed by atoms with van der Waals surface area (Å²) in [5.74, 6) is 0. The highest BCUT2D eigenvalue weighted by atomic mass is 16.5. The summed E-state index contributed by atoms with van der Waals surface area (Å²) >= 11 is 0. The second-order valence-corrected chi connectivity index (χ2v) is 3.74. The number of para-hydroxylation sites is 1. The van der Waals surface area contributed by atoms with Gasteiger partial charge in [0.05, 0.1) is 5.56 Å². The molecule has 3 aromatic rings. The number of hydrogen-bond donors (Lipinski definition) is 0. The van der Waals surface area contributed by atoms with Gasteiger partial charge in [0.1, 0.15) is 6.33 Å². The van der Waals surface area contributed by atoms with E-state index in [0.29, 0.717) is 5.52 Å². The van der Waals surface area contributed by atoms with E-state index in [4.69, 9.17) is 0 Å². The summed E-state index contributed by atoms with van der Waals surface area (Å²) in [5, 5.41) is 12.8. The molecule has 4 heteroatoms. The fraction of sp³-hybridized carbons (Fsp3) is 0. The molecule has 0 unspecified atom stereocenters. The van der Waals surface area contributed by atoms with Crippen LogP contribution in [-0.2, 0) is 0 Å². The van der Waals surface area contributed by atoms with E-state index in [1.54, 1.807) is 24.7 Å².